The molecule has 0 spiro atoms. The SMILES string of the molecule is CN(CCCN)CCCNCc1ccc(C#N)cc1. The first-order chi connectivity index (χ1) is 9.26. The molecule has 0 unspecified atom stereocenters. The minimum absolute atomic E-state index is 0.713. The predicted octanol–water partition coefficient (Wildman–Crippen LogP) is 1.32. The number of hydrogen-bond donors (Lipinski definition) is 2. The zero-order valence-corrected chi connectivity index (χ0v) is 11.7. The Morgan fingerprint density at radius 3 is 2.53 bits per heavy atom. The van der Waals surface area contributed by atoms with Crippen molar-refractivity contribution in [2.45, 2.75) is 19.4 Å². The van der Waals surface area contributed by atoms with Gasteiger partial charge in [-0.25, -0.2) is 0 Å². The van der Waals surface area contributed by atoms with Crippen molar-refractivity contribution >= 4 is 0 Å². The second-order valence-corrected chi connectivity index (χ2v) is 4.78. The number of nitrogens with two attached hydrogens (primary N) is 1. The molecule has 104 valence electrons. The minimum atomic E-state index is 0.713. The normalized spacial score (nSPS) is 10.6. The van der Waals surface area contributed by atoms with Crippen molar-refractivity contribution in [3.63, 3.8) is 0 Å². The largest absolute Gasteiger partial charge is 0.330 e. The summed E-state index contributed by atoms with van der Waals surface area (Å²) in [6.45, 7) is 4.80. The summed E-state index contributed by atoms with van der Waals surface area (Å²) in [4.78, 5) is 2.32. The standard InChI is InChI=1S/C15H24N4/c1-19(10-2-8-16)11-3-9-18-13-15-6-4-14(12-17)5-7-15/h4-7,18H,2-3,8-11,13,16H2,1H3. The first kappa shape index (κ1) is 15.6. The van der Waals surface area contributed by atoms with Crippen LogP contribution in [0.25, 0.3) is 0 Å². The Hall–Kier alpha value is -1.41. The quantitative estimate of drug-likeness (QED) is 0.657. The van der Waals surface area contributed by atoms with E-state index in [1.807, 2.05) is 24.3 Å². The maximum absolute atomic E-state index is 8.71. The third-order valence-electron chi connectivity index (χ3n) is 3.05. The van der Waals surface area contributed by atoms with Crippen molar-refractivity contribution in [1.82, 2.24) is 10.2 Å². The molecule has 0 radical (unpaired) electrons. The Labute approximate surface area is 116 Å². The van der Waals surface area contributed by atoms with Gasteiger partial charge in [0.15, 0.2) is 0 Å². The van der Waals surface area contributed by atoms with Crippen molar-refractivity contribution in [2.24, 2.45) is 5.73 Å². The number of nitrogens with one attached hydrogen (secondary N) is 1. The molecular formula is C15H24N4. The molecule has 0 aliphatic heterocycles. The van der Waals surface area contributed by atoms with Gasteiger partial charge >= 0.3 is 0 Å². The van der Waals surface area contributed by atoms with Crippen molar-refractivity contribution < 1.29 is 0 Å². The van der Waals surface area contributed by atoms with Gasteiger partial charge in [0.1, 0.15) is 0 Å². The van der Waals surface area contributed by atoms with E-state index in [4.69, 9.17) is 11.0 Å². The second kappa shape index (κ2) is 9.51. The Morgan fingerprint density at radius 1 is 1.21 bits per heavy atom. The number of benzene rings is 1. The van der Waals surface area contributed by atoms with E-state index < -0.39 is 0 Å². The lowest BCUT2D eigenvalue weighted by Gasteiger charge is -2.15. The molecule has 0 aliphatic carbocycles. The molecular weight excluding hydrogens is 236 g/mol. The fraction of sp³-hybridized carbons (Fsp3) is 0.533. The second-order valence-electron chi connectivity index (χ2n) is 4.78. The number of nitrogens with zero attached hydrogens (tertiary/aromatic N) is 2. The van der Waals surface area contributed by atoms with Crippen LogP contribution in [0.15, 0.2) is 24.3 Å². The average molecular weight is 260 g/mol. The first-order valence-electron chi connectivity index (χ1n) is 6.84. The molecule has 1 rings (SSSR count). The third-order valence-corrected chi connectivity index (χ3v) is 3.05. The van der Waals surface area contributed by atoms with Gasteiger partial charge in [-0.1, -0.05) is 12.1 Å². The summed E-state index contributed by atoms with van der Waals surface area (Å²) in [7, 11) is 2.14. The van der Waals surface area contributed by atoms with Crippen molar-refractivity contribution in [3.05, 3.63) is 35.4 Å². The van der Waals surface area contributed by atoms with Crippen LogP contribution in [0, 0.1) is 11.3 Å². The van der Waals surface area contributed by atoms with E-state index in [9.17, 15) is 0 Å². The molecule has 0 atom stereocenters. The van der Waals surface area contributed by atoms with Crippen molar-refractivity contribution in [2.75, 3.05) is 33.2 Å². The van der Waals surface area contributed by atoms with E-state index >= 15 is 0 Å². The Morgan fingerprint density at radius 2 is 1.89 bits per heavy atom. The van der Waals surface area contributed by atoms with Crippen LogP contribution in [0.4, 0.5) is 0 Å². The lowest BCUT2D eigenvalue weighted by molar-refractivity contribution is 0.324. The summed E-state index contributed by atoms with van der Waals surface area (Å²) in [5.41, 5.74) is 7.41. The van der Waals surface area contributed by atoms with E-state index in [0.717, 1.165) is 45.6 Å². The lowest BCUT2D eigenvalue weighted by Crippen LogP contribution is -2.26. The molecule has 0 heterocycles. The highest BCUT2D eigenvalue weighted by Gasteiger charge is 1.97. The van der Waals surface area contributed by atoms with Gasteiger partial charge in [-0.2, -0.15) is 5.26 Å². The molecule has 1 aromatic rings. The number of nitriles is 1. The fourth-order valence-corrected chi connectivity index (χ4v) is 1.88. The molecule has 1 aromatic carbocycles. The van der Waals surface area contributed by atoms with Crippen LogP contribution >= 0.6 is 0 Å². The van der Waals surface area contributed by atoms with Gasteiger partial charge in [0.05, 0.1) is 11.6 Å². The molecule has 4 nitrogen and oxygen atoms in total. The molecule has 0 fully saturated rings. The van der Waals surface area contributed by atoms with Gasteiger partial charge in [-0.15, -0.1) is 0 Å². The maximum atomic E-state index is 8.71. The maximum Gasteiger partial charge on any atom is 0.0991 e. The molecule has 0 aromatic heterocycles. The minimum Gasteiger partial charge on any atom is -0.330 e. The lowest BCUT2D eigenvalue weighted by atomic mass is 10.1. The van der Waals surface area contributed by atoms with E-state index in [-0.39, 0.29) is 0 Å². The van der Waals surface area contributed by atoms with E-state index in [1.54, 1.807) is 0 Å². The van der Waals surface area contributed by atoms with Crippen LogP contribution in [-0.2, 0) is 6.54 Å². The number of rotatable bonds is 9. The Bertz CT molecular complexity index is 380. The molecule has 0 saturated heterocycles. The van der Waals surface area contributed by atoms with Crippen LogP contribution in [0.1, 0.15) is 24.0 Å². The van der Waals surface area contributed by atoms with Crippen LogP contribution in [0.5, 0.6) is 0 Å². The van der Waals surface area contributed by atoms with Crippen molar-refractivity contribution in [1.29, 1.82) is 5.26 Å². The summed E-state index contributed by atoms with van der Waals surface area (Å²) in [5.74, 6) is 0. The summed E-state index contributed by atoms with van der Waals surface area (Å²) < 4.78 is 0. The van der Waals surface area contributed by atoms with Gasteiger partial charge in [0, 0.05) is 6.54 Å². The monoisotopic (exact) mass is 260 g/mol. The Balaban J connectivity index is 2.08. The van der Waals surface area contributed by atoms with Gasteiger partial charge in [-0.3, -0.25) is 0 Å². The smallest absolute Gasteiger partial charge is 0.0991 e. The molecule has 0 bridgehead atoms. The average Bonchev–Trinajstić information content (AvgIpc) is 2.45. The molecule has 19 heavy (non-hydrogen) atoms. The van der Waals surface area contributed by atoms with Gasteiger partial charge < -0.3 is 16.0 Å². The number of hydrogen-bond acceptors (Lipinski definition) is 4. The van der Waals surface area contributed by atoms with Crippen LogP contribution in [0.3, 0.4) is 0 Å². The van der Waals surface area contributed by atoms with Crippen LogP contribution < -0.4 is 11.1 Å². The van der Waals surface area contributed by atoms with Gasteiger partial charge in [0.25, 0.3) is 0 Å². The predicted molar refractivity (Wildman–Crippen MR) is 78.6 cm³/mol. The van der Waals surface area contributed by atoms with Gasteiger partial charge in [-0.05, 0) is 63.8 Å². The Kier molecular flexibility index (Phi) is 7.83. The highest BCUT2D eigenvalue weighted by atomic mass is 15.1. The molecule has 3 N–H and O–H groups in total. The van der Waals surface area contributed by atoms with Gasteiger partial charge in [0.2, 0.25) is 0 Å². The van der Waals surface area contributed by atoms with Crippen LogP contribution in [-0.4, -0.2) is 38.1 Å². The molecule has 0 amide bonds. The van der Waals surface area contributed by atoms with Crippen LogP contribution in [0.2, 0.25) is 0 Å². The summed E-state index contributed by atoms with van der Waals surface area (Å²) in [6, 6.07) is 9.84. The van der Waals surface area contributed by atoms with E-state index in [1.165, 1.54) is 5.56 Å². The summed E-state index contributed by atoms with van der Waals surface area (Å²) >= 11 is 0. The highest BCUT2D eigenvalue weighted by Crippen LogP contribution is 2.02. The summed E-state index contributed by atoms with van der Waals surface area (Å²) in [5, 5.41) is 12.1. The third kappa shape index (κ3) is 6.92. The molecule has 0 saturated carbocycles. The summed E-state index contributed by atoms with van der Waals surface area (Å²) in [6.07, 6.45) is 2.20. The molecule has 4 heteroatoms. The topological polar surface area (TPSA) is 65.1 Å². The van der Waals surface area contributed by atoms with E-state index in [0.29, 0.717) is 5.56 Å². The zero-order valence-electron chi connectivity index (χ0n) is 11.7. The highest BCUT2D eigenvalue weighted by molar-refractivity contribution is 5.31. The van der Waals surface area contributed by atoms with Crippen molar-refractivity contribution in [3.8, 4) is 6.07 Å². The fourth-order valence-electron chi connectivity index (χ4n) is 1.88. The zero-order chi connectivity index (χ0) is 13.9. The van der Waals surface area contributed by atoms with E-state index in [2.05, 4.69) is 23.3 Å². The molecule has 0 aliphatic rings. The first-order valence-corrected chi connectivity index (χ1v) is 6.84.